The van der Waals surface area contributed by atoms with Crippen LogP contribution in [0.15, 0.2) is 29.3 Å². The van der Waals surface area contributed by atoms with Crippen molar-refractivity contribution in [3.8, 4) is 0 Å². The molecular formula is C17H28N4. The van der Waals surface area contributed by atoms with Crippen LogP contribution < -0.4 is 16.0 Å². The Bertz CT molecular complexity index is 444. The van der Waals surface area contributed by atoms with Gasteiger partial charge in [0.1, 0.15) is 0 Å². The van der Waals surface area contributed by atoms with Gasteiger partial charge in [-0.3, -0.25) is 4.99 Å². The van der Waals surface area contributed by atoms with Gasteiger partial charge in [0.2, 0.25) is 0 Å². The van der Waals surface area contributed by atoms with Gasteiger partial charge in [0, 0.05) is 32.4 Å². The molecule has 116 valence electrons. The lowest BCUT2D eigenvalue weighted by Gasteiger charge is -2.23. The van der Waals surface area contributed by atoms with E-state index in [1.54, 1.807) is 0 Å². The number of nitrogens with two attached hydrogens (primary N) is 1. The number of nitrogens with zero attached hydrogens (tertiary/aromatic N) is 2. The Morgan fingerprint density at radius 3 is 2.48 bits per heavy atom. The van der Waals surface area contributed by atoms with Crippen LogP contribution in [0.4, 0.5) is 5.69 Å². The summed E-state index contributed by atoms with van der Waals surface area (Å²) in [5.74, 6) is 0.604. The lowest BCUT2D eigenvalue weighted by molar-refractivity contribution is 0.412. The van der Waals surface area contributed by atoms with E-state index < -0.39 is 0 Å². The highest BCUT2D eigenvalue weighted by molar-refractivity contribution is 5.78. The van der Waals surface area contributed by atoms with Crippen molar-refractivity contribution in [2.45, 2.75) is 44.6 Å². The molecule has 0 atom stereocenters. The minimum absolute atomic E-state index is 0.530. The molecular weight excluding hydrogens is 260 g/mol. The van der Waals surface area contributed by atoms with E-state index in [2.05, 4.69) is 53.6 Å². The van der Waals surface area contributed by atoms with Crippen molar-refractivity contribution < 1.29 is 0 Å². The summed E-state index contributed by atoms with van der Waals surface area (Å²) < 4.78 is 0. The van der Waals surface area contributed by atoms with Gasteiger partial charge in [-0.05, 0) is 37.0 Å². The quantitative estimate of drug-likeness (QED) is 0.646. The van der Waals surface area contributed by atoms with Gasteiger partial charge in [-0.1, -0.05) is 31.4 Å². The van der Waals surface area contributed by atoms with Crippen molar-refractivity contribution >= 4 is 11.6 Å². The third kappa shape index (κ3) is 5.29. The van der Waals surface area contributed by atoms with Gasteiger partial charge in [0.05, 0.1) is 0 Å². The summed E-state index contributed by atoms with van der Waals surface area (Å²) in [5.41, 5.74) is 8.49. The second kappa shape index (κ2) is 7.91. The molecule has 1 fully saturated rings. The van der Waals surface area contributed by atoms with E-state index in [4.69, 9.17) is 5.73 Å². The predicted molar refractivity (Wildman–Crippen MR) is 91.0 cm³/mol. The predicted octanol–water partition coefficient (Wildman–Crippen LogP) is 2.53. The number of hydrogen-bond acceptors (Lipinski definition) is 2. The van der Waals surface area contributed by atoms with E-state index in [1.807, 2.05) is 0 Å². The van der Waals surface area contributed by atoms with Crippen LogP contribution in [0.2, 0.25) is 0 Å². The molecule has 0 bridgehead atoms. The van der Waals surface area contributed by atoms with E-state index in [0.717, 1.165) is 13.0 Å². The van der Waals surface area contributed by atoms with Gasteiger partial charge in [0.25, 0.3) is 0 Å². The van der Waals surface area contributed by atoms with Crippen molar-refractivity contribution in [1.82, 2.24) is 5.32 Å². The molecule has 3 N–H and O–H groups in total. The van der Waals surface area contributed by atoms with Gasteiger partial charge < -0.3 is 16.0 Å². The Morgan fingerprint density at radius 1 is 1.19 bits per heavy atom. The van der Waals surface area contributed by atoms with E-state index in [1.165, 1.54) is 43.4 Å². The van der Waals surface area contributed by atoms with Crippen molar-refractivity contribution in [1.29, 1.82) is 0 Å². The van der Waals surface area contributed by atoms with Crippen LogP contribution in [0, 0.1) is 0 Å². The molecule has 0 spiro atoms. The molecule has 1 aromatic carbocycles. The van der Waals surface area contributed by atoms with E-state index in [9.17, 15) is 0 Å². The Kier molecular flexibility index (Phi) is 5.90. The lowest BCUT2D eigenvalue weighted by atomic mass is 9.96. The van der Waals surface area contributed by atoms with Gasteiger partial charge in [-0.15, -0.1) is 0 Å². The smallest absolute Gasteiger partial charge is 0.188 e. The van der Waals surface area contributed by atoms with Gasteiger partial charge in [-0.2, -0.15) is 0 Å². The van der Waals surface area contributed by atoms with Crippen LogP contribution in [0.1, 0.15) is 37.7 Å². The minimum Gasteiger partial charge on any atom is -0.378 e. The lowest BCUT2D eigenvalue weighted by Crippen LogP contribution is -2.41. The summed E-state index contributed by atoms with van der Waals surface area (Å²) in [6.45, 7) is 0.743. The molecule has 4 heteroatoms. The van der Waals surface area contributed by atoms with Gasteiger partial charge >= 0.3 is 0 Å². The molecule has 1 aliphatic carbocycles. The number of anilines is 1. The first-order chi connectivity index (χ1) is 10.1. The van der Waals surface area contributed by atoms with E-state index in [-0.39, 0.29) is 0 Å². The molecule has 0 amide bonds. The Balaban J connectivity index is 1.75. The van der Waals surface area contributed by atoms with Gasteiger partial charge in [0.15, 0.2) is 5.96 Å². The zero-order valence-corrected chi connectivity index (χ0v) is 13.3. The summed E-state index contributed by atoms with van der Waals surface area (Å²) in [6.07, 6.45) is 7.36. The first kappa shape index (κ1) is 15.7. The zero-order chi connectivity index (χ0) is 15.1. The molecule has 0 aliphatic heterocycles. The summed E-state index contributed by atoms with van der Waals surface area (Å²) in [5, 5.41) is 3.35. The number of rotatable bonds is 5. The number of guanidine groups is 1. The highest BCUT2D eigenvalue weighted by atomic mass is 15.1. The molecule has 1 aliphatic rings. The zero-order valence-electron chi connectivity index (χ0n) is 13.3. The number of hydrogen-bond donors (Lipinski definition) is 2. The molecule has 0 heterocycles. The second-order valence-corrected chi connectivity index (χ2v) is 6.06. The number of nitrogens with one attached hydrogen (secondary N) is 1. The molecule has 0 radical (unpaired) electrons. The van der Waals surface area contributed by atoms with Crippen molar-refractivity contribution in [3.63, 3.8) is 0 Å². The summed E-state index contributed by atoms with van der Waals surface area (Å²) in [7, 11) is 4.11. The van der Waals surface area contributed by atoms with Crippen molar-refractivity contribution in [2.24, 2.45) is 10.7 Å². The maximum atomic E-state index is 5.96. The Morgan fingerprint density at radius 2 is 1.86 bits per heavy atom. The van der Waals surface area contributed by atoms with Crippen LogP contribution in [-0.2, 0) is 6.42 Å². The number of aliphatic imine (C=N–C) groups is 1. The third-order valence-corrected chi connectivity index (χ3v) is 4.09. The van der Waals surface area contributed by atoms with E-state index >= 15 is 0 Å². The highest BCUT2D eigenvalue weighted by Gasteiger charge is 2.13. The normalized spacial score (nSPS) is 16.8. The summed E-state index contributed by atoms with van der Waals surface area (Å²) >= 11 is 0. The maximum absolute atomic E-state index is 5.96. The first-order valence-corrected chi connectivity index (χ1v) is 7.98. The molecule has 4 nitrogen and oxygen atoms in total. The average molecular weight is 288 g/mol. The van der Waals surface area contributed by atoms with Crippen LogP contribution in [-0.4, -0.2) is 32.6 Å². The Hall–Kier alpha value is -1.71. The fourth-order valence-electron chi connectivity index (χ4n) is 2.77. The molecule has 2 rings (SSSR count). The minimum atomic E-state index is 0.530. The average Bonchev–Trinajstić information content (AvgIpc) is 2.49. The van der Waals surface area contributed by atoms with Crippen LogP contribution in [0.25, 0.3) is 0 Å². The van der Waals surface area contributed by atoms with Crippen molar-refractivity contribution in [2.75, 3.05) is 25.5 Å². The molecule has 0 unspecified atom stereocenters. The molecule has 21 heavy (non-hydrogen) atoms. The monoisotopic (exact) mass is 288 g/mol. The van der Waals surface area contributed by atoms with Crippen molar-refractivity contribution in [3.05, 3.63) is 29.8 Å². The molecule has 1 aromatic rings. The van der Waals surface area contributed by atoms with E-state index in [0.29, 0.717) is 12.0 Å². The van der Waals surface area contributed by atoms with Crippen LogP contribution in [0.3, 0.4) is 0 Å². The molecule has 1 saturated carbocycles. The fourth-order valence-corrected chi connectivity index (χ4v) is 2.77. The highest BCUT2D eigenvalue weighted by Crippen LogP contribution is 2.17. The standard InChI is InChI=1S/C17H28N4/c1-21(2)16-10-8-14(9-11-16)12-13-19-17(18)20-15-6-4-3-5-7-15/h8-11,15H,3-7,12-13H2,1-2H3,(H3,18,19,20). The van der Waals surface area contributed by atoms with Crippen LogP contribution >= 0.6 is 0 Å². The largest absolute Gasteiger partial charge is 0.378 e. The Labute approximate surface area is 128 Å². The third-order valence-electron chi connectivity index (χ3n) is 4.09. The second-order valence-electron chi connectivity index (χ2n) is 6.06. The SMILES string of the molecule is CN(C)c1ccc(CCN=C(N)NC2CCCCC2)cc1. The maximum Gasteiger partial charge on any atom is 0.188 e. The molecule has 0 saturated heterocycles. The number of benzene rings is 1. The topological polar surface area (TPSA) is 53.6 Å². The fraction of sp³-hybridized carbons (Fsp3) is 0.588. The first-order valence-electron chi connectivity index (χ1n) is 7.98. The summed E-state index contributed by atoms with van der Waals surface area (Å²) in [6, 6.07) is 9.14. The summed E-state index contributed by atoms with van der Waals surface area (Å²) in [4.78, 5) is 6.55. The van der Waals surface area contributed by atoms with Crippen LogP contribution in [0.5, 0.6) is 0 Å². The molecule has 0 aromatic heterocycles. The van der Waals surface area contributed by atoms with Gasteiger partial charge in [-0.25, -0.2) is 0 Å².